The largest absolute Gasteiger partial charge is 0.294 e. The van der Waals surface area contributed by atoms with Crippen LogP contribution in [0, 0.1) is 0 Å². The Hall–Kier alpha value is -1.39. The maximum Gasteiger partial charge on any atom is 0.133 e. The first kappa shape index (κ1) is 16.5. The lowest BCUT2D eigenvalue weighted by Crippen LogP contribution is -2.32. The minimum Gasteiger partial charge on any atom is -0.294 e. The number of aromatic nitrogens is 2. The van der Waals surface area contributed by atoms with Crippen LogP contribution in [0.15, 0.2) is 35.4 Å². The average Bonchev–Trinajstić information content (AvgIpc) is 2.54. The Morgan fingerprint density at radius 2 is 2.00 bits per heavy atom. The highest BCUT2D eigenvalue weighted by Crippen LogP contribution is 2.25. The maximum absolute atomic E-state index is 4.82. The summed E-state index contributed by atoms with van der Waals surface area (Å²) in [4.78, 5) is 13.3. The van der Waals surface area contributed by atoms with Gasteiger partial charge in [-0.1, -0.05) is 39.0 Å². The van der Waals surface area contributed by atoms with E-state index in [0.717, 1.165) is 31.9 Å². The van der Waals surface area contributed by atoms with Crippen LogP contribution in [0.4, 0.5) is 0 Å². The number of rotatable bonds is 3. The predicted octanol–water partition coefficient (Wildman–Crippen LogP) is 4.05. The Balaban J connectivity index is 1.76. The van der Waals surface area contributed by atoms with Gasteiger partial charge >= 0.3 is 0 Å². The summed E-state index contributed by atoms with van der Waals surface area (Å²) in [7, 11) is 0. The van der Waals surface area contributed by atoms with E-state index in [1.54, 1.807) is 0 Å². The molecule has 0 amide bonds. The van der Waals surface area contributed by atoms with Crippen molar-refractivity contribution in [1.29, 1.82) is 0 Å². The molecule has 2 aromatic rings. The quantitative estimate of drug-likeness (QED) is 0.795. The zero-order valence-electron chi connectivity index (χ0n) is 14.5. The lowest BCUT2D eigenvalue weighted by molar-refractivity contribution is 0.240. The fraction of sp³-hybridized carbons (Fsp3) is 0.474. The van der Waals surface area contributed by atoms with E-state index in [0.29, 0.717) is 0 Å². The van der Waals surface area contributed by atoms with Crippen LogP contribution in [0.1, 0.15) is 43.4 Å². The third kappa shape index (κ3) is 3.75. The second-order valence-electron chi connectivity index (χ2n) is 7.19. The van der Waals surface area contributed by atoms with Gasteiger partial charge < -0.3 is 0 Å². The molecule has 0 atom stereocenters. The molecular weight excluding hydrogens is 302 g/mol. The van der Waals surface area contributed by atoms with Crippen LogP contribution in [-0.2, 0) is 24.9 Å². The second-order valence-corrected chi connectivity index (χ2v) is 8.04. The molecule has 3 rings (SSSR count). The topological polar surface area (TPSA) is 29.0 Å². The number of hydrogen-bond acceptors (Lipinski definition) is 4. The van der Waals surface area contributed by atoms with E-state index in [9.17, 15) is 0 Å². The van der Waals surface area contributed by atoms with Gasteiger partial charge in [0.1, 0.15) is 5.82 Å². The summed E-state index contributed by atoms with van der Waals surface area (Å²) in [5.74, 6) is 0.956. The molecule has 0 saturated heterocycles. The molecule has 0 saturated carbocycles. The summed E-state index contributed by atoms with van der Waals surface area (Å²) in [6.45, 7) is 9.52. The van der Waals surface area contributed by atoms with Gasteiger partial charge in [-0.2, -0.15) is 0 Å². The second kappa shape index (κ2) is 6.62. The van der Waals surface area contributed by atoms with Crippen LogP contribution < -0.4 is 0 Å². The van der Waals surface area contributed by atoms with Crippen molar-refractivity contribution in [1.82, 2.24) is 14.9 Å². The first-order valence-electron chi connectivity index (χ1n) is 8.17. The minimum atomic E-state index is 0.0173. The van der Waals surface area contributed by atoms with E-state index in [1.807, 2.05) is 18.0 Å². The lowest BCUT2D eigenvalue weighted by atomic mass is 9.95. The number of nitrogens with zero attached hydrogens (tertiary/aromatic N) is 3. The van der Waals surface area contributed by atoms with E-state index in [-0.39, 0.29) is 5.41 Å². The van der Waals surface area contributed by atoms with Crippen LogP contribution in [0.2, 0.25) is 0 Å². The van der Waals surface area contributed by atoms with Crippen LogP contribution in [-0.4, -0.2) is 27.7 Å². The molecule has 0 radical (unpaired) electrons. The summed E-state index contributed by atoms with van der Waals surface area (Å²) in [6.07, 6.45) is 5.20. The molecule has 1 aromatic heterocycles. The molecule has 3 nitrogen and oxygen atoms in total. The van der Waals surface area contributed by atoms with Crippen molar-refractivity contribution in [2.75, 3.05) is 12.8 Å². The summed E-state index contributed by atoms with van der Waals surface area (Å²) in [5.41, 5.74) is 3.95. The molecule has 0 spiro atoms. The van der Waals surface area contributed by atoms with Gasteiger partial charge in [-0.3, -0.25) is 4.90 Å². The average molecular weight is 327 g/mol. The van der Waals surface area contributed by atoms with Gasteiger partial charge in [-0.15, -0.1) is 11.8 Å². The Morgan fingerprint density at radius 3 is 2.74 bits per heavy atom. The number of benzene rings is 1. The van der Waals surface area contributed by atoms with Gasteiger partial charge in [0.25, 0.3) is 0 Å². The van der Waals surface area contributed by atoms with Gasteiger partial charge in [-0.25, -0.2) is 9.97 Å². The van der Waals surface area contributed by atoms with E-state index in [4.69, 9.17) is 4.98 Å². The van der Waals surface area contributed by atoms with Crippen molar-refractivity contribution in [3.8, 4) is 0 Å². The molecule has 1 aromatic carbocycles. The third-order valence-corrected chi connectivity index (χ3v) is 5.11. The summed E-state index contributed by atoms with van der Waals surface area (Å²) in [5, 5.41) is 0. The van der Waals surface area contributed by atoms with Crippen LogP contribution >= 0.6 is 11.8 Å². The van der Waals surface area contributed by atoms with Crippen molar-refractivity contribution < 1.29 is 0 Å². The SMILES string of the molecule is CSc1ccccc1CN1CCc2nc(C(C)(C)C)ncc2C1. The lowest BCUT2D eigenvalue weighted by Gasteiger charge is -2.29. The Morgan fingerprint density at radius 1 is 1.22 bits per heavy atom. The van der Waals surface area contributed by atoms with Gasteiger partial charge in [0.15, 0.2) is 0 Å². The summed E-state index contributed by atoms with van der Waals surface area (Å²) >= 11 is 1.82. The van der Waals surface area contributed by atoms with E-state index >= 15 is 0 Å². The molecule has 122 valence electrons. The van der Waals surface area contributed by atoms with Crippen molar-refractivity contribution in [2.45, 2.75) is 50.6 Å². The highest BCUT2D eigenvalue weighted by atomic mass is 32.2. The fourth-order valence-corrected chi connectivity index (χ4v) is 3.55. The Labute approximate surface area is 143 Å². The smallest absolute Gasteiger partial charge is 0.133 e. The van der Waals surface area contributed by atoms with Crippen molar-refractivity contribution >= 4 is 11.8 Å². The van der Waals surface area contributed by atoms with Crippen LogP contribution in [0.3, 0.4) is 0 Å². The van der Waals surface area contributed by atoms with Crippen molar-refractivity contribution in [3.05, 3.63) is 53.1 Å². The van der Waals surface area contributed by atoms with E-state index < -0.39 is 0 Å². The molecule has 0 unspecified atom stereocenters. The first-order valence-corrected chi connectivity index (χ1v) is 9.39. The molecule has 23 heavy (non-hydrogen) atoms. The van der Waals surface area contributed by atoms with E-state index in [2.05, 4.69) is 61.2 Å². The molecule has 1 aliphatic heterocycles. The van der Waals surface area contributed by atoms with Gasteiger partial charge in [0, 0.05) is 53.8 Å². The molecule has 1 aliphatic rings. The van der Waals surface area contributed by atoms with Gasteiger partial charge in [0.05, 0.1) is 0 Å². The normalized spacial score (nSPS) is 15.5. The fourth-order valence-electron chi connectivity index (χ4n) is 2.95. The molecule has 2 heterocycles. The molecule has 0 bridgehead atoms. The third-order valence-electron chi connectivity index (χ3n) is 4.27. The Bertz CT molecular complexity index is 691. The Kier molecular flexibility index (Phi) is 4.74. The van der Waals surface area contributed by atoms with E-state index in [1.165, 1.54) is 21.7 Å². The minimum absolute atomic E-state index is 0.0173. The summed E-state index contributed by atoms with van der Waals surface area (Å²) in [6, 6.07) is 8.69. The molecule has 4 heteroatoms. The maximum atomic E-state index is 4.82. The van der Waals surface area contributed by atoms with Gasteiger partial charge in [0.2, 0.25) is 0 Å². The molecule has 0 aliphatic carbocycles. The number of thioether (sulfide) groups is 1. The predicted molar refractivity (Wildman–Crippen MR) is 96.8 cm³/mol. The molecule has 0 N–H and O–H groups in total. The highest BCUT2D eigenvalue weighted by Gasteiger charge is 2.23. The first-order chi connectivity index (χ1) is 11.0. The van der Waals surface area contributed by atoms with Crippen LogP contribution in [0.25, 0.3) is 0 Å². The zero-order chi connectivity index (χ0) is 16.4. The number of hydrogen-bond donors (Lipinski definition) is 0. The monoisotopic (exact) mass is 327 g/mol. The standard InChI is InChI=1S/C19H25N3S/c1-19(2,3)18-20-11-15-13-22(10-9-16(15)21-18)12-14-7-5-6-8-17(14)23-4/h5-8,11H,9-10,12-13H2,1-4H3. The molecule has 0 fully saturated rings. The van der Waals surface area contributed by atoms with Gasteiger partial charge in [-0.05, 0) is 17.9 Å². The molecular formula is C19H25N3S. The highest BCUT2D eigenvalue weighted by molar-refractivity contribution is 7.98. The van der Waals surface area contributed by atoms with Crippen molar-refractivity contribution in [2.24, 2.45) is 0 Å². The van der Waals surface area contributed by atoms with Crippen LogP contribution in [0.5, 0.6) is 0 Å². The summed E-state index contributed by atoms with van der Waals surface area (Å²) < 4.78 is 0. The zero-order valence-corrected chi connectivity index (χ0v) is 15.3. The number of fused-ring (bicyclic) bond motifs is 1. The van der Waals surface area contributed by atoms with Crippen molar-refractivity contribution in [3.63, 3.8) is 0 Å².